The minimum Gasteiger partial charge on any atom is -0.377 e. The van der Waals surface area contributed by atoms with Gasteiger partial charge in [0.1, 0.15) is 0 Å². The molecule has 136 valence electrons. The Balaban J connectivity index is 1.50. The monoisotopic (exact) mass is 352 g/mol. The van der Waals surface area contributed by atoms with Crippen LogP contribution in [-0.2, 0) is 9.47 Å². The lowest BCUT2D eigenvalue weighted by Gasteiger charge is -2.37. The van der Waals surface area contributed by atoms with Crippen molar-refractivity contribution in [2.45, 2.75) is 25.0 Å². The SMILES string of the molecule is C=CCOC[C@@H]1C[C@H]2OCCN(C(=O)c3ccc4ncccc4c3)[C@H]2C1. The van der Waals surface area contributed by atoms with Crippen LogP contribution < -0.4 is 0 Å². The summed E-state index contributed by atoms with van der Waals surface area (Å²) in [4.78, 5) is 19.5. The Bertz CT molecular complexity index is 807. The van der Waals surface area contributed by atoms with Gasteiger partial charge in [-0.05, 0) is 43.0 Å². The maximum absolute atomic E-state index is 13.2. The van der Waals surface area contributed by atoms with E-state index in [2.05, 4.69) is 11.6 Å². The van der Waals surface area contributed by atoms with Gasteiger partial charge in [-0.25, -0.2) is 0 Å². The van der Waals surface area contributed by atoms with Crippen LogP contribution in [-0.4, -0.2) is 54.3 Å². The molecule has 3 atom stereocenters. The normalized spacial score (nSPS) is 25.2. The fourth-order valence-electron chi connectivity index (χ4n) is 4.13. The smallest absolute Gasteiger partial charge is 0.254 e. The fraction of sp³-hybridized carbons (Fsp3) is 0.429. The molecule has 2 aliphatic rings. The summed E-state index contributed by atoms with van der Waals surface area (Å²) in [6.45, 7) is 6.19. The van der Waals surface area contributed by atoms with Crippen LogP contribution in [0.15, 0.2) is 49.2 Å². The van der Waals surface area contributed by atoms with E-state index in [0.717, 1.165) is 29.3 Å². The number of ether oxygens (including phenoxy) is 2. The Kier molecular flexibility index (Phi) is 5.00. The summed E-state index contributed by atoms with van der Waals surface area (Å²) in [5, 5.41) is 0.991. The number of hydrogen-bond donors (Lipinski definition) is 0. The van der Waals surface area contributed by atoms with E-state index in [1.54, 1.807) is 12.3 Å². The Morgan fingerprint density at radius 1 is 1.38 bits per heavy atom. The van der Waals surface area contributed by atoms with Gasteiger partial charge in [-0.15, -0.1) is 6.58 Å². The number of morpholine rings is 1. The maximum Gasteiger partial charge on any atom is 0.254 e. The van der Waals surface area contributed by atoms with Crippen molar-refractivity contribution in [2.75, 3.05) is 26.4 Å². The molecular weight excluding hydrogens is 328 g/mol. The number of pyridine rings is 1. The van der Waals surface area contributed by atoms with Gasteiger partial charge in [0.05, 0.1) is 30.9 Å². The van der Waals surface area contributed by atoms with Crippen LogP contribution in [0.3, 0.4) is 0 Å². The van der Waals surface area contributed by atoms with Crippen molar-refractivity contribution in [3.05, 3.63) is 54.7 Å². The Hall–Kier alpha value is -2.24. The predicted molar refractivity (Wildman–Crippen MR) is 100 cm³/mol. The predicted octanol–water partition coefficient (Wildman–Crippen LogP) is 3.06. The molecule has 5 heteroatoms. The number of aromatic nitrogens is 1. The summed E-state index contributed by atoms with van der Waals surface area (Å²) < 4.78 is 11.6. The first kappa shape index (κ1) is 17.2. The number of rotatable bonds is 5. The van der Waals surface area contributed by atoms with E-state index in [4.69, 9.17) is 9.47 Å². The second kappa shape index (κ2) is 7.56. The third kappa shape index (κ3) is 3.37. The molecule has 0 N–H and O–H groups in total. The van der Waals surface area contributed by atoms with E-state index in [1.807, 2.05) is 35.2 Å². The molecule has 1 aliphatic heterocycles. The summed E-state index contributed by atoms with van der Waals surface area (Å²) in [5.41, 5.74) is 1.63. The number of amides is 1. The lowest BCUT2D eigenvalue weighted by atomic mass is 10.1. The van der Waals surface area contributed by atoms with Gasteiger partial charge >= 0.3 is 0 Å². The lowest BCUT2D eigenvalue weighted by Crippen LogP contribution is -2.51. The Labute approximate surface area is 153 Å². The second-order valence-corrected chi connectivity index (χ2v) is 7.05. The van der Waals surface area contributed by atoms with Crippen LogP contribution in [0.2, 0.25) is 0 Å². The summed E-state index contributed by atoms with van der Waals surface area (Å²) in [6, 6.07) is 9.76. The molecule has 0 unspecified atom stereocenters. The zero-order chi connectivity index (χ0) is 17.9. The fourth-order valence-corrected chi connectivity index (χ4v) is 4.13. The van der Waals surface area contributed by atoms with Crippen molar-refractivity contribution in [2.24, 2.45) is 5.92 Å². The minimum atomic E-state index is 0.0849. The molecule has 2 fully saturated rings. The van der Waals surface area contributed by atoms with E-state index in [-0.39, 0.29) is 18.1 Å². The average Bonchev–Trinajstić information content (AvgIpc) is 3.10. The van der Waals surface area contributed by atoms with Crippen molar-refractivity contribution in [1.82, 2.24) is 9.88 Å². The van der Waals surface area contributed by atoms with Crippen molar-refractivity contribution in [3.63, 3.8) is 0 Å². The molecule has 26 heavy (non-hydrogen) atoms. The molecule has 4 rings (SSSR count). The molecule has 1 aromatic carbocycles. The third-order valence-corrected chi connectivity index (χ3v) is 5.33. The topological polar surface area (TPSA) is 51.7 Å². The van der Waals surface area contributed by atoms with Gasteiger partial charge in [-0.3, -0.25) is 9.78 Å². The van der Waals surface area contributed by atoms with Crippen LogP contribution >= 0.6 is 0 Å². The summed E-state index contributed by atoms with van der Waals surface area (Å²) >= 11 is 0. The van der Waals surface area contributed by atoms with Crippen molar-refractivity contribution in [3.8, 4) is 0 Å². The molecule has 1 aromatic heterocycles. The lowest BCUT2D eigenvalue weighted by molar-refractivity contribution is -0.0449. The quantitative estimate of drug-likeness (QED) is 0.613. The minimum absolute atomic E-state index is 0.0849. The van der Waals surface area contributed by atoms with Gasteiger partial charge in [-0.1, -0.05) is 12.1 Å². The van der Waals surface area contributed by atoms with Crippen LogP contribution in [0.5, 0.6) is 0 Å². The molecule has 1 amide bonds. The standard InChI is InChI=1S/C21H24N2O3/c1-2-9-25-14-15-11-19-20(12-15)26-10-8-23(19)21(24)17-5-6-18-16(13-17)4-3-7-22-18/h2-7,13,15,19-20H,1,8-12,14H2/t15-,19-,20+/m0/s1. The van der Waals surface area contributed by atoms with Crippen molar-refractivity contribution < 1.29 is 14.3 Å². The molecule has 1 saturated heterocycles. The molecule has 0 bridgehead atoms. The summed E-state index contributed by atoms with van der Waals surface area (Å²) in [6.07, 6.45) is 5.54. The molecule has 2 aromatic rings. The van der Waals surface area contributed by atoms with Gasteiger partial charge in [-0.2, -0.15) is 0 Å². The summed E-state index contributed by atoms with van der Waals surface area (Å²) in [5.74, 6) is 0.515. The number of fused-ring (bicyclic) bond motifs is 2. The molecule has 0 spiro atoms. The van der Waals surface area contributed by atoms with Gasteiger partial charge in [0.2, 0.25) is 0 Å². The molecule has 1 aliphatic carbocycles. The highest BCUT2D eigenvalue weighted by molar-refractivity contribution is 5.98. The molecule has 0 radical (unpaired) electrons. The highest BCUT2D eigenvalue weighted by Crippen LogP contribution is 2.35. The Morgan fingerprint density at radius 2 is 2.31 bits per heavy atom. The summed E-state index contributed by atoms with van der Waals surface area (Å²) in [7, 11) is 0. The zero-order valence-corrected chi connectivity index (χ0v) is 14.8. The first-order valence-corrected chi connectivity index (χ1v) is 9.22. The van der Waals surface area contributed by atoms with Crippen LogP contribution in [0.4, 0.5) is 0 Å². The van der Waals surface area contributed by atoms with Gasteiger partial charge in [0, 0.05) is 30.3 Å². The maximum atomic E-state index is 13.2. The zero-order valence-electron chi connectivity index (χ0n) is 14.8. The highest BCUT2D eigenvalue weighted by atomic mass is 16.5. The molecular formula is C21H24N2O3. The van der Waals surface area contributed by atoms with Crippen LogP contribution in [0, 0.1) is 5.92 Å². The largest absolute Gasteiger partial charge is 0.377 e. The highest BCUT2D eigenvalue weighted by Gasteiger charge is 2.43. The van der Waals surface area contributed by atoms with E-state index in [0.29, 0.717) is 32.3 Å². The van der Waals surface area contributed by atoms with E-state index < -0.39 is 0 Å². The number of carbonyl (C=O) groups is 1. The van der Waals surface area contributed by atoms with E-state index >= 15 is 0 Å². The average molecular weight is 352 g/mol. The molecule has 1 saturated carbocycles. The molecule has 5 nitrogen and oxygen atoms in total. The van der Waals surface area contributed by atoms with Gasteiger partial charge < -0.3 is 14.4 Å². The van der Waals surface area contributed by atoms with Crippen molar-refractivity contribution >= 4 is 16.8 Å². The number of benzene rings is 1. The number of carbonyl (C=O) groups excluding carboxylic acids is 1. The van der Waals surface area contributed by atoms with Gasteiger partial charge in [0.15, 0.2) is 0 Å². The number of hydrogen-bond acceptors (Lipinski definition) is 4. The second-order valence-electron chi connectivity index (χ2n) is 7.05. The third-order valence-electron chi connectivity index (χ3n) is 5.33. The van der Waals surface area contributed by atoms with Crippen LogP contribution in [0.25, 0.3) is 10.9 Å². The molecule has 2 heterocycles. The van der Waals surface area contributed by atoms with Gasteiger partial charge in [0.25, 0.3) is 5.91 Å². The van der Waals surface area contributed by atoms with E-state index in [1.165, 1.54) is 0 Å². The Morgan fingerprint density at radius 3 is 3.19 bits per heavy atom. The van der Waals surface area contributed by atoms with E-state index in [9.17, 15) is 4.79 Å². The van der Waals surface area contributed by atoms with Crippen LogP contribution in [0.1, 0.15) is 23.2 Å². The van der Waals surface area contributed by atoms with Crippen molar-refractivity contribution in [1.29, 1.82) is 0 Å². The number of nitrogens with zero attached hydrogens (tertiary/aromatic N) is 2. The first-order chi connectivity index (χ1) is 12.8. The first-order valence-electron chi connectivity index (χ1n) is 9.22.